The van der Waals surface area contributed by atoms with Gasteiger partial charge in [0.1, 0.15) is 11.9 Å². The highest BCUT2D eigenvalue weighted by molar-refractivity contribution is 5.79. The topological polar surface area (TPSA) is 92.4 Å². The molecule has 1 aliphatic rings. The molecule has 0 aromatic carbocycles. The van der Waals surface area contributed by atoms with Crippen LogP contribution in [-0.2, 0) is 4.79 Å². The van der Waals surface area contributed by atoms with E-state index in [0.717, 1.165) is 18.7 Å². The fourth-order valence-electron chi connectivity index (χ4n) is 2.23. The minimum absolute atomic E-state index is 0.0552. The van der Waals surface area contributed by atoms with Crippen LogP contribution in [0.2, 0.25) is 0 Å². The molecule has 0 amide bonds. The predicted octanol–water partition coefficient (Wildman–Crippen LogP) is 1.52. The molecule has 0 spiro atoms. The summed E-state index contributed by atoms with van der Waals surface area (Å²) in [5, 5.41) is 20.6. The number of anilines is 1. The number of rotatable bonds is 5. The quantitative estimate of drug-likeness (QED) is 0.859. The standard InChI is InChI=1S/C13H17N5O2/c1-7(2)9(13(19)20)15-10-12-17-16-11(8-3-4-8)18(12)6-5-14-10/h5-9H,3-4H2,1-2H3,(H,14,15)(H,19,20)/t9-/m0/s1. The summed E-state index contributed by atoms with van der Waals surface area (Å²) in [6.07, 6.45) is 5.73. The predicted molar refractivity (Wildman–Crippen MR) is 72.6 cm³/mol. The molecule has 0 bridgehead atoms. The van der Waals surface area contributed by atoms with Crippen LogP contribution in [0.3, 0.4) is 0 Å². The summed E-state index contributed by atoms with van der Waals surface area (Å²) in [6, 6.07) is -0.699. The minimum atomic E-state index is -0.897. The van der Waals surface area contributed by atoms with E-state index in [4.69, 9.17) is 0 Å². The molecule has 106 valence electrons. The Morgan fingerprint density at radius 3 is 2.80 bits per heavy atom. The molecule has 20 heavy (non-hydrogen) atoms. The molecule has 1 saturated carbocycles. The van der Waals surface area contributed by atoms with E-state index >= 15 is 0 Å². The van der Waals surface area contributed by atoms with Gasteiger partial charge in [0.05, 0.1) is 0 Å². The maximum atomic E-state index is 11.3. The third-order valence-electron chi connectivity index (χ3n) is 3.52. The Morgan fingerprint density at radius 1 is 1.45 bits per heavy atom. The van der Waals surface area contributed by atoms with E-state index in [1.54, 1.807) is 6.20 Å². The first-order valence-electron chi connectivity index (χ1n) is 6.77. The zero-order chi connectivity index (χ0) is 14.3. The molecule has 7 nitrogen and oxygen atoms in total. The lowest BCUT2D eigenvalue weighted by atomic mass is 10.1. The molecule has 2 aromatic rings. The number of carboxylic acids is 1. The maximum Gasteiger partial charge on any atom is 0.326 e. The van der Waals surface area contributed by atoms with E-state index in [9.17, 15) is 9.90 Å². The zero-order valence-electron chi connectivity index (χ0n) is 11.4. The molecule has 1 aliphatic carbocycles. The summed E-state index contributed by atoms with van der Waals surface area (Å²) in [6.45, 7) is 3.71. The van der Waals surface area contributed by atoms with E-state index in [-0.39, 0.29) is 5.92 Å². The number of fused-ring (bicyclic) bond motifs is 1. The molecule has 0 aliphatic heterocycles. The van der Waals surface area contributed by atoms with Crippen molar-refractivity contribution in [1.82, 2.24) is 19.6 Å². The van der Waals surface area contributed by atoms with Gasteiger partial charge < -0.3 is 10.4 Å². The highest BCUT2D eigenvalue weighted by atomic mass is 16.4. The van der Waals surface area contributed by atoms with Crippen molar-refractivity contribution in [2.75, 3.05) is 5.32 Å². The average Bonchev–Trinajstić information content (AvgIpc) is 3.14. The first-order valence-corrected chi connectivity index (χ1v) is 6.77. The fraction of sp³-hybridized carbons (Fsp3) is 0.538. The number of nitrogens with zero attached hydrogens (tertiary/aromatic N) is 4. The number of aliphatic carboxylic acids is 1. The van der Waals surface area contributed by atoms with Gasteiger partial charge in [0.25, 0.3) is 0 Å². The summed E-state index contributed by atoms with van der Waals surface area (Å²) in [5.41, 5.74) is 0.585. The van der Waals surface area contributed by atoms with E-state index in [1.807, 2.05) is 24.4 Å². The Labute approximate surface area is 116 Å². The molecule has 1 atom stereocenters. The van der Waals surface area contributed by atoms with Gasteiger partial charge in [0.2, 0.25) is 5.65 Å². The van der Waals surface area contributed by atoms with Crippen molar-refractivity contribution in [2.45, 2.75) is 38.6 Å². The van der Waals surface area contributed by atoms with Gasteiger partial charge in [-0.3, -0.25) is 4.40 Å². The highest BCUT2D eigenvalue weighted by Gasteiger charge is 2.30. The molecule has 3 rings (SSSR count). The van der Waals surface area contributed by atoms with Gasteiger partial charge in [-0.05, 0) is 18.8 Å². The van der Waals surface area contributed by atoms with Crippen LogP contribution in [0.15, 0.2) is 12.4 Å². The van der Waals surface area contributed by atoms with Crippen LogP contribution >= 0.6 is 0 Å². The Hall–Kier alpha value is -2.18. The molecule has 0 unspecified atom stereocenters. The van der Waals surface area contributed by atoms with Crippen molar-refractivity contribution >= 4 is 17.4 Å². The molecule has 1 fully saturated rings. The summed E-state index contributed by atoms with van der Waals surface area (Å²) in [4.78, 5) is 15.5. The number of carboxylic acid groups (broad SMARTS) is 1. The fourth-order valence-corrected chi connectivity index (χ4v) is 2.23. The molecule has 2 aromatic heterocycles. The first kappa shape index (κ1) is 12.8. The van der Waals surface area contributed by atoms with Crippen molar-refractivity contribution in [1.29, 1.82) is 0 Å². The number of nitrogens with one attached hydrogen (secondary N) is 1. The lowest BCUT2D eigenvalue weighted by molar-refractivity contribution is -0.138. The van der Waals surface area contributed by atoms with Crippen LogP contribution in [0, 0.1) is 5.92 Å². The van der Waals surface area contributed by atoms with Crippen LogP contribution in [0.5, 0.6) is 0 Å². The minimum Gasteiger partial charge on any atom is -0.480 e. The van der Waals surface area contributed by atoms with Crippen molar-refractivity contribution in [2.24, 2.45) is 5.92 Å². The molecular formula is C13H17N5O2. The second-order valence-electron chi connectivity index (χ2n) is 5.51. The molecular weight excluding hydrogens is 258 g/mol. The monoisotopic (exact) mass is 275 g/mol. The van der Waals surface area contributed by atoms with Gasteiger partial charge >= 0.3 is 5.97 Å². The van der Waals surface area contributed by atoms with Crippen molar-refractivity contribution in [3.63, 3.8) is 0 Å². The van der Waals surface area contributed by atoms with Gasteiger partial charge in [0.15, 0.2) is 5.82 Å². The van der Waals surface area contributed by atoms with Gasteiger partial charge in [-0.2, -0.15) is 0 Å². The Morgan fingerprint density at radius 2 is 2.20 bits per heavy atom. The first-order chi connectivity index (χ1) is 9.58. The van der Waals surface area contributed by atoms with E-state index in [0.29, 0.717) is 17.4 Å². The molecule has 0 saturated heterocycles. The number of hydrogen-bond donors (Lipinski definition) is 2. The van der Waals surface area contributed by atoms with Crippen LogP contribution in [0.4, 0.5) is 5.82 Å². The molecule has 7 heteroatoms. The van der Waals surface area contributed by atoms with Gasteiger partial charge in [-0.15, -0.1) is 10.2 Å². The SMILES string of the molecule is CC(C)[C@H](Nc1nccn2c(C3CC3)nnc12)C(=O)O. The lowest BCUT2D eigenvalue weighted by Gasteiger charge is -2.18. The second-order valence-corrected chi connectivity index (χ2v) is 5.51. The van der Waals surface area contributed by atoms with Crippen molar-refractivity contribution in [3.05, 3.63) is 18.2 Å². The van der Waals surface area contributed by atoms with Gasteiger partial charge in [0, 0.05) is 18.3 Å². The summed E-state index contributed by atoms with van der Waals surface area (Å²) in [7, 11) is 0. The summed E-state index contributed by atoms with van der Waals surface area (Å²) >= 11 is 0. The normalized spacial score (nSPS) is 16.6. The Balaban J connectivity index is 1.97. The summed E-state index contributed by atoms with van der Waals surface area (Å²) < 4.78 is 1.90. The van der Waals surface area contributed by atoms with Crippen molar-refractivity contribution < 1.29 is 9.90 Å². The molecule has 2 N–H and O–H groups in total. The van der Waals surface area contributed by atoms with Crippen LogP contribution in [-0.4, -0.2) is 36.7 Å². The average molecular weight is 275 g/mol. The Bertz CT molecular complexity index is 647. The second kappa shape index (κ2) is 4.73. The van der Waals surface area contributed by atoms with Gasteiger partial charge in [-0.1, -0.05) is 13.8 Å². The summed E-state index contributed by atoms with van der Waals surface area (Å²) in [5.74, 6) is 0.918. The number of hydrogen-bond acceptors (Lipinski definition) is 5. The van der Waals surface area contributed by atoms with Crippen LogP contribution in [0.25, 0.3) is 5.65 Å². The van der Waals surface area contributed by atoms with Crippen molar-refractivity contribution in [3.8, 4) is 0 Å². The third-order valence-corrected chi connectivity index (χ3v) is 3.52. The van der Waals surface area contributed by atoms with Crippen LogP contribution in [0.1, 0.15) is 38.4 Å². The number of aromatic nitrogens is 4. The number of carbonyl (C=O) groups is 1. The largest absolute Gasteiger partial charge is 0.480 e. The highest BCUT2D eigenvalue weighted by Crippen LogP contribution is 2.39. The molecule has 2 heterocycles. The van der Waals surface area contributed by atoms with Gasteiger partial charge in [-0.25, -0.2) is 9.78 Å². The van der Waals surface area contributed by atoms with E-state index < -0.39 is 12.0 Å². The Kier molecular flexibility index (Phi) is 3.04. The maximum absolute atomic E-state index is 11.3. The third kappa shape index (κ3) is 2.19. The van der Waals surface area contributed by atoms with E-state index in [2.05, 4.69) is 20.5 Å². The van der Waals surface area contributed by atoms with E-state index in [1.165, 1.54) is 0 Å². The molecule has 0 radical (unpaired) electrons. The smallest absolute Gasteiger partial charge is 0.326 e. The zero-order valence-corrected chi connectivity index (χ0v) is 11.4. The van der Waals surface area contributed by atoms with Crippen LogP contribution < -0.4 is 5.32 Å². The lowest BCUT2D eigenvalue weighted by Crippen LogP contribution is -2.34.